The molecular weight excluding hydrogens is 444 g/mol. The summed E-state index contributed by atoms with van der Waals surface area (Å²) in [6.45, 7) is 6.56. The number of hydrogen-bond acceptors (Lipinski definition) is 6. The summed E-state index contributed by atoms with van der Waals surface area (Å²) < 4.78 is 0. The molecule has 6 nitrogen and oxygen atoms in total. The molecule has 2 aromatic carbocycles. The van der Waals surface area contributed by atoms with Crippen LogP contribution in [0.5, 0.6) is 0 Å². The molecule has 2 aliphatic heterocycles. The van der Waals surface area contributed by atoms with Gasteiger partial charge in [0.25, 0.3) is 0 Å². The Labute approximate surface area is 226 Å². The van der Waals surface area contributed by atoms with E-state index in [1.165, 1.54) is 0 Å². The monoisotopic (exact) mass is 476 g/mol. The van der Waals surface area contributed by atoms with Gasteiger partial charge in [-0.15, -0.1) is 0 Å². The molecule has 2 aliphatic rings. The van der Waals surface area contributed by atoms with Gasteiger partial charge < -0.3 is 19.8 Å². The molecule has 2 saturated heterocycles. The predicted octanol–water partition coefficient (Wildman–Crippen LogP) is 1.20. The van der Waals surface area contributed by atoms with E-state index in [2.05, 4.69) is 0 Å². The second-order valence-electron chi connectivity index (χ2n) is 9.14. The standard InChI is InChI=1S/2C13H17NO2.Ca/c2*1-13(12(15)16)8-5-9-14(13)10-11-6-3-2-4-7-11;/h2*2-4,6-7H,5,8-10H2,1H3,(H,15,16);/q;;+2/p-2/t2*13-;/m00./s1. The summed E-state index contributed by atoms with van der Waals surface area (Å²) in [6.07, 6.45) is 3.22. The summed E-state index contributed by atoms with van der Waals surface area (Å²) >= 11 is 0. The van der Waals surface area contributed by atoms with Crippen LogP contribution in [0.1, 0.15) is 50.7 Å². The van der Waals surface area contributed by atoms with E-state index in [1.54, 1.807) is 13.8 Å². The summed E-state index contributed by atoms with van der Waals surface area (Å²) in [5.41, 5.74) is 0.708. The number of carbonyl (C=O) groups is 2. The first-order valence-electron chi connectivity index (χ1n) is 11.3. The van der Waals surface area contributed by atoms with Crippen molar-refractivity contribution < 1.29 is 19.8 Å². The van der Waals surface area contributed by atoms with Gasteiger partial charge in [0.2, 0.25) is 0 Å². The topological polar surface area (TPSA) is 86.7 Å². The maximum atomic E-state index is 11.2. The summed E-state index contributed by atoms with van der Waals surface area (Å²) in [5.74, 6) is -1.91. The van der Waals surface area contributed by atoms with Gasteiger partial charge >= 0.3 is 37.7 Å². The van der Waals surface area contributed by atoms with Crippen LogP contribution in [0.15, 0.2) is 60.7 Å². The van der Waals surface area contributed by atoms with Gasteiger partial charge in [0, 0.05) is 13.1 Å². The molecule has 0 amide bonds. The van der Waals surface area contributed by atoms with Gasteiger partial charge in [-0.05, 0) is 63.7 Å². The van der Waals surface area contributed by atoms with E-state index in [4.69, 9.17) is 0 Å². The Hall–Kier alpha value is -1.44. The number of hydrogen-bond donors (Lipinski definition) is 0. The fraction of sp³-hybridized carbons (Fsp3) is 0.462. The summed E-state index contributed by atoms with van der Waals surface area (Å²) in [6, 6.07) is 19.9. The third kappa shape index (κ3) is 6.80. The molecule has 0 radical (unpaired) electrons. The summed E-state index contributed by atoms with van der Waals surface area (Å²) in [4.78, 5) is 26.3. The van der Waals surface area contributed by atoms with Gasteiger partial charge in [-0.1, -0.05) is 60.7 Å². The minimum absolute atomic E-state index is 0. The fourth-order valence-corrected chi connectivity index (χ4v) is 4.62. The van der Waals surface area contributed by atoms with Crippen LogP contribution in [-0.4, -0.2) is 83.6 Å². The van der Waals surface area contributed by atoms with Crippen LogP contribution >= 0.6 is 0 Å². The van der Waals surface area contributed by atoms with E-state index in [1.807, 2.05) is 70.5 Å². The number of likely N-dealkylation sites (tertiary alicyclic amines) is 2. The van der Waals surface area contributed by atoms with Crippen molar-refractivity contribution in [2.24, 2.45) is 0 Å². The van der Waals surface area contributed by atoms with Crippen LogP contribution < -0.4 is 10.2 Å². The minimum Gasteiger partial charge on any atom is -0.548 e. The van der Waals surface area contributed by atoms with Crippen molar-refractivity contribution in [1.82, 2.24) is 9.80 Å². The van der Waals surface area contributed by atoms with Crippen LogP contribution in [0.3, 0.4) is 0 Å². The average molecular weight is 477 g/mol. The number of carboxylic acid groups (broad SMARTS) is 2. The van der Waals surface area contributed by atoms with E-state index in [9.17, 15) is 19.8 Å². The molecule has 0 saturated carbocycles. The maximum Gasteiger partial charge on any atom is 2.00 e. The number of nitrogens with zero attached hydrogens (tertiary/aromatic N) is 2. The Morgan fingerprint density at radius 2 is 1.06 bits per heavy atom. The zero-order valence-electron chi connectivity index (χ0n) is 19.7. The molecule has 0 unspecified atom stereocenters. The molecule has 0 bridgehead atoms. The molecule has 0 aliphatic carbocycles. The van der Waals surface area contributed by atoms with Crippen LogP contribution in [-0.2, 0) is 22.7 Å². The molecule has 0 N–H and O–H groups in total. The fourth-order valence-electron chi connectivity index (χ4n) is 4.62. The molecule has 0 aromatic heterocycles. The molecule has 2 fully saturated rings. The van der Waals surface area contributed by atoms with Crippen molar-refractivity contribution in [1.29, 1.82) is 0 Å². The third-order valence-electron chi connectivity index (χ3n) is 6.89. The predicted molar refractivity (Wildman–Crippen MR) is 125 cm³/mol. The van der Waals surface area contributed by atoms with Crippen LogP contribution in [0.25, 0.3) is 0 Å². The zero-order chi connectivity index (χ0) is 23.2. The van der Waals surface area contributed by atoms with Crippen molar-refractivity contribution in [2.75, 3.05) is 13.1 Å². The normalized spacial score (nSPS) is 25.0. The van der Waals surface area contributed by atoms with E-state index in [0.29, 0.717) is 25.9 Å². The molecule has 4 rings (SSSR count). The third-order valence-corrected chi connectivity index (χ3v) is 6.89. The summed E-state index contributed by atoms with van der Waals surface area (Å²) in [5, 5.41) is 22.3. The first kappa shape index (κ1) is 27.8. The summed E-state index contributed by atoms with van der Waals surface area (Å²) in [7, 11) is 0. The van der Waals surface area contributed by atoms with Crippen LogP contribution in [0.4, 0.5) is 0 Å². The smallest absolute Gasteiger partial charge is 0.548 e. The van der Waals surface area contributed by atoms with Crippen molar-refractivity contribution in [3.8, 4) is 0 Å². The zero-order valence-corrected chi connectivity index (χ0v) is 21.9. The first-order chi connectivity index (χ1) is 15.3. The molecule has 33 heavy (non-hydrogen) atoms. The van der Waals surface area contributed by atoms with Crippen molar-refractivity contribution in [3.05, 3.63) is 71.8 Å². The van der Waals surface area contributed by atoms with E-state index in [0.717, 1.165) is 37.1 Å². The van der Waals surface area contributed by atoms with Crippen LogP contribution in [0.2, 0.25) is 0 Å². The molecular formula is C26H32CaN2O4. The Balaban J connectivity index is 0.000000227. The number of rotatable bonds is 6. The minimum atomic E-state index is -0.957. The Morgan fingerprint density at radius 1 is 0.727 bits per heavy atom. The van der Waals surface area contributed by atoms with E-state index in [-0.39, 0.29) is 37.7 Å². The second-order valence-corrected chi connectivity index (χ2v) is 9.14. The molecule has 7 heteroatoms. The molecule has 172 valence electrons. The number of carboxylic acids is 2. The quantitative estimate of drug-likeness (QED) is 0.583. The Morgan fingerprint density at radius 3 is 1.36 bits per heavy atom. The van der Waals surface area contributed by atoms with Gasteiger partial charge in [0.1, 0.15) is 0 Å². The Kier molecular flexibility index (Phi) is 10.4. The number of aliphatic carboxylic acids is 2. The first-order valence-corrected chi connectivity index (χ1v) is 11.3. The molecule has 0 spiro atoms. The van der Waals surface area contributed by atoms with Gasteiger partial charge in [0.05, 0.1) is 23.0 Å². The van der Waals surface area contributed by atoms with Gasteiger partial charge in [-0.2, -0.15) is 0 Å². The van der Waals surface area contributed by atoms with Crippen molar-refractivity contribution >= 4 is 49.7 Å². The van der Waals surface area contributed by atoms with Gasteiger partial charge in [-0.3, -0.25) is 9.80 Å². The largest absolute Gasteiger partial charge is 2.00 e. The molecule has 2 aromatic rings. The average Bonchev–Trinajstić information content (AvgIpc) is 3.34. The van der Waals surface area contributed by atoms with E-state index < -0.39 is 23.0 Å². The molecule has 2 heterocycles. The van der Waals surface area contributed by atoms with Crippen LogP contribution in [0, 0.1) is 0 Å². The van der Waals surface area contributed by atoms with Crippen molar-refractivity contribution in [2.45, 2.75) is 63.7 Å². The number of benzene rings is 2. The number of carbonyl (C=O) groups excluding carboxylic acids is 2. The SMILES string of the molecule is C[C@@]1(C(=O)[O-])CCCN1Cc1ccccc1.C[C@@]1(C(=O)[O-])CCCN1Cc1ccccc1.[Ca+2]. The van der Waals surface area contributed by atoms with Crippen molar-refractivity contribution in [3.63, 3.8) is 0 Å². The van der Waals surface area contributed by atoms with Gasteiger partial charge in [0.15, 0.2) is 0 Å². The second kappa shape index (κ2) is 12.3. The molecule has 2 atom stereocenters. The Bertz CT molecular complexity index is 836. The van der Waals surface area contributed by atoms with E-state index >= 15 is 0 Å². The maximum absolute atomic E-state index is 11.2. The van der Waals surface area contributed by atoms with Gasteiger partial charge in [-0.25, -0.2) is 0 Å².